The molecule has 0 bridgehead atoms. The van der Waals surface area contributed by atoms with Crippen LogP contribution in [0.25, 0.3) is 0 Å². The predicted molar refractivity (Wildman–Crippen MR) is 63.5 cm³/mol. The van der Waals surface area contributed by atoms with Crippen molar-refractivity contribution in [1.29, 1.82) is 0 Å². The first-order chi connectivity index (χ1) is 6.97. The van der Waals surface area contributed by atoms with Gasteiger partial charge in [-0.15, -0.1) is 0 Å². The summed E-state index contributed by atoms with van der Waals surface area (Å²) in [5.74, 6) is -1.17. The van der Waals surface area contributed by atoms with Crippen molar-refractivity contribution in [3.8, 4) is 0 Å². The van der Waals surface area contributed by atoms with Crippen molar-refractivity contribution < 1.29 is 23.4 Å². The van der Waals surface area contributed by atoms with E-state index < -0.39 is 19.9 Å². The fraction of sp³-hybridized carbons (Fsp3) is 1.00. The number of hydrogen-bond acceptors (Lipinski definition) is 5. The molecule has 15 heavy (non-hydrogen) atoms. The molecule has 0 saturated carbocycles. The maximum Gasteiger partial charge on any atom is 0.308 e. The number of methoxy groups -OCH3 is 4. The van der Waals surface area contributed by atoms with Crippen LogP contribution in [-0.4, -0.2) is 65.7 Å². The van der Waals surface area contributed by atoms with Gasteiger partial charge in [0.25, 0.3) is 0 Å². The Hall–Kier alpha value is 0.234. The molecule has 2 atom stereocenters. The second-order valence-corrected chi connectivity index (χ2v) is 8.86. The average Bonchev–Trinajstić information content (AvgIpc) is 2.30. The highest BCUT2D eigenvalue weighted by Crippen LogP contribution is 2.30. The summed E-state index contributed by atoms with van der Waals surface area (Å²) in [4.78, 5) is -0.597. The molecule has 0 radical (unpaired) electrons. The summed E-state index contributed by atoms with van der Waals surface area (Å²) < 4.78 is 27.0. The second-order valence-electron chi connectivity index (χ2n) is 3.36. The van der Waals surface area contributed by atoms with Crippen molar-refractivity contribution in [2.75, 3.05) is 35.5 Å². The van der Waals surface area contributed by atoms with Gasteiger partial charge in [-0.05, 0) is 6.55 Å². The molecule has 7 heteroatoms. The molecule has 0 heterocycles. The normalized spacial score (nSPS) is 18.8. The number of ether oxygens (including phenoxy) is 4. The monoisotopic (exact) mass is 254 g/mol. The van der Waals surface area contributed by atoms with Crippen LogP contribution < -0.4 is 0 Å². The molecule has 92 valence electrons. The third-order valence-corrected chi connectivity index (χ3v) is 9.28. The molecule has 0 aromatic heterocycles. The summed E-state index contributed by atoms with van der Waals surface area (Å²) in [6.07, 6.45) is 0. The molecule has 0 rings (SSSR count). The van der Waals surface area contributed by atoms with Gasteiger partial charge in [0.05, 0.1) is 10.2 Å². The summed E-state index contributed by atoms with van der Waals surface area (Å²) in [7, 11) is 6.98. The van der Waals surface area contributed by atoms with Crippen LogP contribution in [0.1, 0.15) is 0 Å². The lowest BCUT2D eigenvalue weighted by atomic mass is 10.5. The average molecular weight is 254 g/mol. The van der Waals surface area contributed by atoms with Gasteiger partial charge in [-0.3, -0.25) is 0 Å². The zero-order chi connectivity index (χ0) is 12.1. The van der Waals surface area contributed by atoms with E-state index in [-0.39, 0.29) is 0 Å². The van der Waals surface area contributed by atoms with E-state index in [0.29, 0.717) is 10.2 Å². The van der Waals surface area contributed by atoms with E-state index >= 15 is 0 Å². The van der Waals surface area contributed by atoms with E-state index in [4.69, 9.17) is 23.4 Å². The minimum Gasteiger partial charge on any atom is -0.421 e. The van der Waals surface area contributed by atoms with Gasteiger partial charge in [-0.25, -0.2) is 0 Å². The van der Waals surface area contributed by atoms with Crippen molar-refractivity contribution >= 4 is 19.3 Å². The fourth-order valence-electron chi connectivity index (χ4n) is 1.62. The standard InChI is InChI=1S/C8H22O5Si2/c1-9-7(10-2,11-3)8(14,12-4)15(6)13-5/h15H,1-6,14H3. The van der Waals surface area contributed by atoms with E-state index in [1.807, 2.05) is 6.55 Å². The molecule has 0 aliphatic carbocycles. The van der Waals surface area contributed by atoms with Gasteiger partial charge >= 0.3 is 5.97 Å². The largest absolute Gasteiger partial charge is 0.421 e. The van der Waals surface area contributed by atoms with E-state index in [1.165, 1.54) is 21.3 Å². The molecule has 0 fully saturated rings. The van der Waals surface area contributed by atoms with Crippen LogP contribution in [-0.2, 0) is 23.4 Å². The molecule has 0 amide bonds. The van der Waals surface area contributed by atoms with Crippen molar-refractivity contribution in [2.45, 2.75) is 17.4 Å². The van der Waals surface area contributed by atoms with Gasteiger partial charge in [0, 0.05) is 35.5 Å². The van der Waals surface area contributed by atoms with Crippen molar-refractivity contribution in [3.05, 3.63) is 0 Å². The van der Waals surface area contributed by atoms with Crippen LogP contribution in [0.4, 0.5) is 0 Å². The zero-order valence-electron chi connectivity index (χ0n) is 10.6. The van der Waals surface area contributed by atoms with Crippen molar-refractivity contribution in [1.82, 2.24) is 0 Å². The van der Waals surface area contributed by atoms with Crippen LogP contribution in [0.2, 0.25) is 6.55 Å². The topological polar surface area (TPSA) is 46.2 Å². The minimum absolute atomic E-state index is 0.597. The Morgan fingerprint density at radius 2 is 1.27 bits per heavy atom. The summed E-state index contributed by atoms with van der Waals surface area (Å²) in [5.41, 5.74) is 0. The second kappa shape index (κ2) is 6.09. The highest BCUT2D eigenvalue weighted by Gasteiger charge is 2.55. The first-order valence-corrected chi connectivity index (χ1v) is 7.91. The SMILES string of the molecule is CO[SiH](C)C([SiH3])(OC)C(OC)(OC)OC. The zero-order valence-corrected chi connectivity index (χ0v) is 13.8. The van der Waals surface area contributed by atoms with Crippen molar-refractivity contribution in [2.24, 2.45) is 0 Å². The highest BCUT2D eigenvalue weighted by molar-refractivity contribution is 6.64. The number of hydrogen-bond donors (Lipinski definition) is 0. The molecule has 0 aromatic carbocycles. The van der Waals surface area contributed by atoms with Crippen LogP contribution >= 0.6 is 0 Å². The van der Waals surface area contributed by atoms with Gasteiger partial charge in [-0.2, -0.15) is 0 Å². The van der Waals surface area contributed by atoms with Gasteiger partial charge in [0.2, 0.25) is 9.04 Å². The van der Waals surface area contributed by atoms with Gasteiger partial charge in [0.1, 0.15) is 4.85 Å². The molecular weight excluding hydrogens is 232 g/mol. The van der Waals surface area contributed by atoms with E-state index in [1.54, 1.807) is 14.2 Å². The van der Waals surface area contributed by atoms with Gasteiger partial charge in [-0.1, -0.05) is 0 Å². The van der Waals surface area contributed by atoms with Crippen LogP contribution in [0.5, 0.6) is 0 Å². The lowest BCUT2D eigenvalue weighted by Crippen LogP contribution is -2.67. The molecule has 0 aromatic rings. The van der Waals surface area contributed by atoms with Gasteiger partial charge in [0.15, 0.2) is 0 Å². The van der Waals surface area contributed by atoms with E-state index in [9.17, 15) is 0 Å². The fourth-order valence-corrected chi connectivity index (χ4v) is 4.58. The lowest BCUT2D eigenvalue weighted by Gasteiger charge is -2.45. The first-order valence-electron chi connectivity index (χ1n) is 4.71. The third-order valence-electron chi connectivity index (χ3n) is 2.97. The lowest BCUT2D eigenvalue weighted by molar-refractivity contribution is -0.389. The Morgan fingerprint density at radius 1 is 0.867 bits per heavy atom. The molecule has 2 unspecified atom stereocenters. The predicted octanol–water partition coefficient (Wildman–Crippen LogP) is -1.17. The number of rotatable bonds is 7. The minimum atomic E-state index is -1.62. The van der Waals surface area contributed by atoms with Gasteiger partial charge < -0.3 is 23.4 Å². The highest BCUT2D eigenvalue weighted by atomic mass is 28.3. The summed E-state index contributed by atoms with van der Waals surface area (Å²) in [6, 6.07) is 0. The Morgan fingerprint density at radius 3 is 1.47 bits per heavy atom. The molecule has 0 saturated heterocycles. The van der Waals surface area contributed by atoms with E-state index in [2.05, 4.69) is 0 Å². The molecule has 0 spiro atoms. The Kier molecular flexibility index (Phi) is 6.18. The first kappa shape index (κ1) is 15.2. The third kappa shape index (κ3) is 2.49. The van der Waals surface area contributed by atoms with E-state index in [0.717, 1.165) is 0 Å². The quantitative estimate of drug-likeness (QED) is 0.423. The smallest absolute Gasteiger partial charge is 0.308 e. The van der Waals surface area contributed by atoms with Crippen LogP contribution in [0.3, 0.4) is 0 Å². The maximum absolute atomic E-state index is 5.55. The Bertz CT molecular complexity index is 180. The summed E-state index contributed by atoms with van der Waals surface area (Å²) >= 11 is 0. The maximum atomic E-state index is 5.55. The molecule has 5 nitrogen and oxygen atoms in total. The molecule has 0 N–H and O–H groups in total. The van der Waals surface area contributed by atoms with Crippen LogP contribution in [0, 0.1) is 0 Å². The summed E-state index contributed by atoms with van der Waals surface area (Å²) in [5, 5.41) is 0. The Labute approximate surface area is 96.1 Å². The summed E-state index contributed by atoms with van der Waals surface area (Å²) in [6.45, 7) is 2.03. The molecular formula is C8H22O5Si2. The van der Waals surface area contributed by atoms with Crippen molar-refractivity contribution in [3.63, 3.8) is 0 Å². The Balaban J connectivity index is 5.19. The van der Waals surface area contributed by atoms with Crippen LogP contribution in [0.15, 0.2) is 0 Å². The molecule has 0 aliphatic heterocycles. The molecule has 0 aliphatic rings.